The van der Waals surface area contributed by atoms with Crippen molar-refractivity contribution in [2.45, 2.75) is 11.8 Å². The Morgan fingerprint density at radius 2 is 0.909 bits per heavy atom. The monoisotopic (exact) mass is 506 g/mol. The van der Waals surface area contributed by atoms with Gasteiger partial charge in [-0.1, -0.05) is 36.4 Å². The van der Waals surface area contributed by atoms with E-state index in [1.807, 2.05) is 0 Å². The summed E-state index contributed by atoms with van der Waals surface area (Å²) in [5.41, 5.74) is 9.00. The van der Waals surface area contributed by atoms with Crippen molar-refractivity contribution < 1.29 is 0 Å². The first-order chi connectivity index (χ1) is 10.7. The minimum atomic E-state index is 0.401. The molecule has 3 aromatic rings. The molecule has 106 valence electrons. The van der Waals surface area contributed by atoms with E-state index in [2.05, 4.69) is 106 Å². The lowest BCUT2D eigenvalue weighted by molar-refractivity contribution is 0.752. The van der Waals surface area contributed by atoms with Crippen molar-refractivity contribution in [3.8, 4) is 0 Å². The molecule has 3 aromatic carbocycles. The van der Waals surface area contributed by atoms with Gasteiger partial charge in [0.1, 0.15) is 0 Å². The Hall–Kier alpha value is -0.880. The van der Waals surface area contributed by atoms with Crippen LogP contribution in [0.25, 0.3) is 0 Å². The zero-order valence-electron chi connectivity index (χ0n) is 11.7. The average molecular weight is 506 g/mol. The lowest BCUT2D eigenvalue weighted by Gasteiger charge is -2.42. The Bertz CT molecular complexity index is 850. The van der Waals surface area contributed by atoms with Gasteiger partial charge in [-0.3, -0.25) is 0 Å². The van der Waals surface area contributed by atoms with Gasteiger partial charge in [0.05, 0.1) is 0 Å². The zero-order chi connectivity index (χ0) is 14.8. The minimum absolute atomic E-state index is 0.401. The van der Waals surface area contributed by atoms with E-state index in [4.69, 9.17) is 0 Å². The lowest BCUT2D eigenvalue weighted by atomic mass is 9.61. The van der Waals surface area contributed by atoms with Gasteiger partial charge in [0.15, 0.2) is 0 Å². The standard InChI is InChI=1S/C20H12I2/c21-11-6-8-16-17(9-11)19-13-3-1-2-4-14(13)20(16)18-10-12(22)5-7-15(18)19/h1-10,19-20H/t19-,20?/m0/s1. The van der Waals surface area contributed by atoms with Crippen LogP contribution in [0.5, 0.6) is 0 Å². The molecule has 2 bridgehead atoms. The molecule has 0 fully saturated rings. The predicted molar refractivity (Wildman–Crippen MR) is 107 cm³/mol. The third-order valence-electron chi connectivity index (χ3n) is 4.96. The van der Waals surface area contributed by atoms with E-state index in [1.54, 1.807) is 0 Å². The van der Waals surface area contributed by atoms with E-state index in [0.29, 0.717) is 11.8 Å². The lowest BCUT2D eigenvalue weighted by Crippen LogP contribution is -2.27. The Morgan fingerprint density at radius 3 is 1.36 bits per heavy atom. The molecule has 6 rings (SSSR count). The molecule has 0 saturated heterocycles. The summed E-state index contributed by atoms with van der Waals surface area (Å²) in [7, 11) is 0. The number of hydrogen-bond donors (Lipinski definition) is 0. The molecule has 2 heteroatoms. The van der Waals surface area contributed by atoms with Crippen LogP contribution in [0.4, 0.5) is 0 Å². The Balaban J connectivity index is 1.90. The van der Waals surface area contributed by atoms with Crippen LogP contribution in [0.2, 0.25) is 0 Å². The third-order valence-corrected chi connectivity index (χ3v) is 6.30. The van der Waals surface area contributed by atoms with Gasteiger partial charge in [-0.05, 0) is 103 Å². The van der Waals surface area contributed by atoms with Gasteiger partial charge >= 0.3 is 0 Å². The Labute approximate surface area is 157 Å². The topological polar surface area (TPSA) is 0 Å². The molecule has 3 aliphatic carbocycles. The second-order valence-corrected chi connectivity index (χ2v) is 8.53. The highest BCUT2D eigenvalue weighted by Crippen LogP contribution is 2.55. The largest absolute Gasteiger partial charge is 0.0619 e. The van der Waals surface area contributed by atoms with Crippen molar-refractivity contribution in [3.05, 3.63) is 101 Å². The number of hydrogen-bond acceptors (Lipinski definition) is 0. The molecule has 0 heterocycles. The van der Waals surface area contributed by atoms with Crippen molar-refractivity contribution in [2.75, 3.05) is 0 Å². The van der Waals surface area contributed by atoms with E-state index >= 15 is 0 Å². The van der Waals surface area contributed by atoms with Crippen molar-refractivity contribution in [2.24, 2.45) is 0 Å². The summed E-state index contributed by atoms with van der Waals surface area (Å²) < 4.78 is 2.65. The Morgan fingerprint density at radius 1 is 0.500 bits per heavy atom. The molecule has 0 amide bonds. The van der Waals surface area contributed by atoms with Crippen molar-refractivity contribution in [1.29, 1.82) is 0 Å². The molecule has 0 aromatic heterocycles. The number of benzene rings is 3. The van der Waals surface area contributed by atoms with Crippen LogP contribution < -0.4 is 0 Å². The van der Waals surface area contributed by atoms with Crippen LogP contribution in [-0.4, -0.2) is 0 Å². The third kappa shape index (κ3) is 1.74. The fraction of sp³-hybridized carbons (Fsp3) is 0.100. The fourth-order valence-corrected chi connectivity index (χ4v) is 5.19. The predicted octanol–water partition coefficient (Wildman–Crippen LogP) is 5.88. The van der Waals surface area contributed by atoms with Gasteiger partial charge in [0.2, 0.25) is 0 Å². The van der Waals surface area contributed by atoms with Crippen LogP contribution >= 0.6 is 45.2 Å². The fourth-order valence-electron chi connectivity index (χ4n) is 4.16. The molecule has 2 atom stereocenters. The maximum Gasteiger partial charge on any atom is 0.0349 e. The zero-order valence-corrected chi connectivity index (χ0v) is 16.0. The van der Waals surface area contributed by atoms with Crippen molar-refractivity contribution in [3.63, 3.8) is 0 Å². The van der Waals surface area contributed by atoms with Crippen LogP contribution in [0.15, 0.2) is 60.7 Å². The smallest absolute Gasteiger partial charge is 0.0349 e. The van der Waals surface area contributed by atoms with Gasteiger partial charge in [-0.25, -0.2) is 0 Å². The second kappa shape index (κ2) is 4.81. The Kier molecular flexibility index (Phi) is 2.96. The van der Waals surface area contributed by atoms with E-state index in [9.17, 15) is 0 Å². The minimum Gasteiger partial charge on any atom is -0.0619 e. The summed E-state index contributed by atoms with van der Waals surface area (Å²) in [5.74, 6) is 0.802. The van der Waals surface area contributed by atoms with Crippen LogP contribution in [0.3, 0.4) is 0 Å². The average Bonchev–Trinajstić information content (AvgIpc) is 2.54. The summed E-state index contributed by atoms with van der Waals surface area (Å²) in [6.45, 7) is 0. The van der Waals surface area contributed by atoms with Crippen LogP contribution in [0.1, 0.15) is 45.2 Å². The molecule has 3 aliphatic rings. The normalized spacial score (nSPS) is 20.3. The summed E-state index contributed by atoms with van der Waals surface area (Å²) in [5, 5.41) is 0. The molecule has 0 aliphatic heterocycles. The first-order valence-electron chi connectivity index (χ1n) is 7.41. The van der Waals surface area contributed by atoms with Gasteiger partial charge in [-0.2, -0.15) is 0 Å². The first-order valence-corrected chi connectivity index (χ1v) is 9.57. The highest BCUT2D eigenvalue weighted by molar-refractivity contribution is 14.1. The van der Waals surface area contributed by atoms with E-state index in [1.165, 1.54) is 40.5 Å². The molecule has 22 heavy (non-hydrogen) atoms. The summed E-state index contributed by atoms with van der Waals surface area (Å²) in [6.07, 6.45) is 0. The number of rotatable bonds is 0. The molecule has 0 saturated carbocycles. The molecule has 0 spiro atoms. The number of halogens is 2. The maximum absolute atomic E-state index is 2.43. The molecular weight excluding hydrogens is 494 g/mol. The van der Waals surface area contributed by atoms with Crippen molar-refractivity contribution >= 4 is 45.2 Å². The molecule has 0 N–H and O–H groups in total. The van der Waals surface area contributed by atoms with E-state index in [0.717, 1.165) is 0 Å². The van der Waals surface area contributed by atoms with Crippen molar-refractivity contribution in [1.82, 2.24) is 0 Å². The van der Waals surface area contributed by atoms with Gasteiger partial charge in [-0.15, -0.1) is 0 Å². The van der Waals surface area contributed by atoms with E-state index < -0.39 is 0 Å². The van der Waals surface area contributed by atoms with Gasteiger partial charge < -0.3 is 0 Å². The first kappa shape index (κ1) is 13.5. The highest BCUT2D eigenvalue weighted by atomic mass is 127. The molecular formula is C20H12I2. The van der Waals surface area contributed by atoms with E-state index in [-0.39, 0.29) is 0 Å². The SMILES string of the molecule is Ic1ccc2c(c1)C1c3ccccc3[C@@H]2c2cc(I)ccc21. The quantitative estimate of drug-likeness (QED) is 0.230. The van der Waals surface area contributed by atoms with Crippen LogP contribution in [0, 0.1) is 7.14 Å². The highest BCUT2D eigenvalue weighted by Gasteiger charge is 2.40. The second-order valence-electron chi connectivity index (χ2n) is 6.04. The van der Waals surface area contributed by atoms with Crippen LogP contribution in [-0.2, 0) is 0 Å². The van der Waals surface area contributed by atoms with Gasteiger partial charge in [0, 0.05) is 19.0 Å². The summed E-state index contributed by atoms with van der Waals surface area (Å²) >= 11 is 4.86. The van der Waals surface area contributed by atoms with Gasteiger partial charge in [0.25, 0.3) is 0 Å². The summed E-state index contributed by atoms with van der Waals surface area (Å²) in [4.78, 5) is 0. The molecule has 0 radical (unpaired) electrons. The maximum atomic E-state index is 2.43. The molecule has 1 unspecified atom stereocenters. The summed E-state index contributed by atoms with van der Waals surface area (Å²) in [6, 6.07) is 22.9. The molecule has 0 nitrogen and oxygen atoms in total.